The number of rotatable bonds is 5. The number of anilines is 1. The number of hydrogen-bond acceptors (Lipinski definition) is 3. The molecule has 0 unspecified atom stereocenters. The van der Waals surface area contributed by atoms with E-state index < -0.39 is 11.4 Å². The standard InChI is InChI=1S/C14H21FN2O2/c1-5-16-12-10(7-6-8-11(12)15)13(18)17(4)9-14(2,3)19/h6-8,16,19H,5,9H2,1-4H3. The zero-order valence-electron chi connectivity index (χ0n) is 11.8. The van der Waals surface area contributed by atoms with Gasteiger partial charge in [-0.1, -0.05) is 6.07 Å². The van der Waals surface area contributed by atoms with Gasteiger partial charge in [0.15, 0.2) is 0 Å². The van der Waals surface area contributed by atoms with Crippen LogP contribution in [0.2, 0.25) is 0 Å². The van der Waals surface area contributed by atoms with Crippen molar-refractivity contribution in [2.75, 3.05) is 25.5 Å². The van der Waals surface area contributed by atoms with Gasteiger partial charge in [-0.05, 0) is 32.9 Å². The Kier molecular flexibility index (Phi) is 4.89. The van der Waals surface area contributed by atoms with Gasteiger partial charge in [0.05, 0.1) is 16.9 Å². The highest BCUT2D eigenvalue weighted by Gasteiger charge is 2.23. The molecule has 5 heteroatoms. The lowest BCUT2D eigenvalue weighted by Gasteiger charge is -2.26. The third-order valence-corrected chi connectivity index (χ3v) is 2.57. The summed E-state index contributed by atoms with van der Waals surface area (Å²) in [5.74, 6) is -0.776. The normalized spacial score (nSPS) is 11.3. The Morgan fingerprint density at radius 1 is 1.47 bits per heavy atom. The molecule has 0 bridgehead atoms. The van der Waals surface area contributed by atoms with Gasteiger partial charge in [0.2, 0.25) is 0 Å². The van der Waals surface area contributed by atoms with Crippen LogP contribution in [0.3, 0.4) is 0 Å². The average molecular weight is 268 g/mol. The predicted molar refractivity (Wildman–Crippen MR) is 73.8 cm³/mol. The average Bonchev–Trinajstić information content (AvgIpc) is 2.29. The zero-order valence-corrected chi connectivity index (χ0v) is 11.8. The molecule has 2 N–H and O–H groups in total. The molecule has 0 aromatic heterocycles. The highest BCUT2D eigenvalue weighted by molar-refractivity contribution is 5.99. The largest absolute Gasteiger partial charge is 0.389 e. The van der Waals surface area contributed by atoms with E-state index in [0.29, 0.717) is 6.54 Å². The Morgan fingerprint density at radius 2 is 2.11 bits per heavy atom. The van der Waals surface area contributed by atoms with Gasteiger partial charge in [-0.25, -0.2) is 4.39 Å². The highest BCUT2D eigenvalue weighted by atomic mass is 19.1. The fourth-order valence-electron chi connectivity index (χ4n) is 1.92. The summed E-state index contributed by atoms with van der Waals surface area (Å²) in [6.07, 6.45) is 0. The number of likely N-dealkylation sites (N-methyl/N-ethyl adjacent to an activating group) is 1. The third kappa shape index (κ3) is 4.21. The number of amides is 1. The van der Waals surface area contributed by atoms with Crippen LogP contribution >= 0.6 is 0 Å². The number of halogens is 1. The molecule has 0 saturated carbocycles. The van der Waals surface area contributed by atoms with E-state index in [1.54, 1.807) is 27.0 Å². The van der Waals surface area contributed by atoms with Crippen molar-refractivity contribution in [2.24, 2.45) is 0 Å². The molecule has 106 valence electrons. The molecule has 1 rings (SSSR count). The van der Waals surface area contributed by atoms with E-state index in [9.17, 15) is 14.3 Å². The van der Waals surface area contributed by atoms with E-state index in [-0.39, 0.29) is 23.7 Å². The molecule has 0 saturated heterocycles. The number of benzene rings is 1. The van der Waals surface area contributed by atoms with Gasteiger partial charge in [0, 0.05) is 20.1 Å². The molecule has 1 amide bonds. The van der Waals surface area contributed by atoms with Crippen molar-refractivity contribution < 1.29 is 14.3 Å². The second-order valence-corrected chi connectivity index (χ2v) is 5.17. The van der Waals surface area contributed by atoms with Gasteiger partial charge in [-0.3, -0.25) is 4.79 Å². The van der Waals surface area contributed by atoms with Gasteiger partial charge in [0.25, 0.3) is 5.91 Å². The van der Waals surface area contributed by atoms with Crippen LogP contribution in [0.5, 0.6) is 0 Å². The topological polar surface area (TPSA) is 52.6 Å². The number of para-hydroxylation sites is 1. The van der Waals surface area contributed by atoms with E-state index in [1.807, 2.05) is 6.92 Å². The molecular weight excluding hydrogens is 247 g/mol. The maximum atomic E-state index is 13.7. The summed E-state index contributed by atoms with van der Waals surface area (Å²) in [6, 6.07) is 4.39. The van der Waals surface area contributed by atoms with Crippen LogP contribution in [0.25, 0.3) is 0 Å². The van der Waals surface area contributed by atoms with Gasteiger partial charge in [0.1, 0.15) is 5.82 Å². The molecule has 0 aliphatic carbocycles. The Balaban J connectivity index is 3.02. The first kappa shape index (κ1) is 15.4. The Morgan fingerprint density at radius 3 is 2.63 bits per heavy atom. The Bertz CT molecular complexity index is 455. The first-order valence-corrected chi connectivity index (χ1v) is 6.26. The fraction of sp³-hybridized carbons (Fsp3) is 0.500. The first-order chi connectivity index (χ1) is 8.76. The van der Waals surface area contributed by atoms with Gasteiger partial charge < -0.3 is 15.3 Å². The summed E-state index contributed by atoms with van der Waals surface area (Å²) in [7, 11) is 1.58. The molecule has 19 heavy (non-hydrogen) atoms. The van der Waals surface area contributed by atoms with Gasteiger partial charge in [-0.2, -0.15) is 0 Å². The van der Waals surface area contributed by atoms with Crippen LogP contribution in [0.1, 0.15) is 31.1 Å². The number of carbonyl (C=O) groups excluding carboxylic acids is 1. The summed E-state index contributed by atoms with van der Waals surface area (Å²) in [5, 5.41) is 12.6. The van der Waals surface area contributed by atoms with Crippen LogP contribution in [0.4, 0.5) is 10.1 Å². The smallest absolute Gasteiger partial charge is 0.255 e. The van der Waals surface area contributed by atoms with Crippen LogP contribution in [0.15, 0.2) is 18.2 Å². The second-order valence-electron chi connectivity index (χ2n) is 5.17. The maximum absolute atomic E-state index is 13.7. The Hall–Kier alpha value is -1.62. The molecule has 0 atom stereocenters. The van der Waals surface area contributed by atoms with Crippen LogP contribution < -0.4 is 5.32 Å². The maximum Gasteiger partial charge on any atom is 0.255 e. The van der Waals surface area contributed by atoms with Crippen molar-refractivity contribution in [2.45, 2.75) is 26.4 Å². The number of aliphatic hydroxyl groups is 1. The molecule has 0 aliphatic rings. The summed E-state index contributed by atoms with van der Waals surface area (Å²) in [6.45, 7) is 5.77. The molecule has 4 nitrogen and oxygen atoms in total. The number of nitrogens with zero attached hydrogens (tertiary/aromatic N) is 1. The lowest BCUT2D eigenvalue weighted by atomic mass is 10.1. The van der Waals surface area contributed by atoms with Gasteiger partial charge in [-0.15, -0.1) is 0 Å². The number of hydrogen-bond donors (Lipinski definition) is 2. The molecule has 0 fully saturated rings. The minimum Gasteiger partial charge on any atom is -0.389 e. The van der Waals surface area contributed by atoms with Crippen molar-refractivity contribution >= 4 is 11.6 Å². The van der Waals surface area contributed by atoms with Crippen LogP contribution in [0, 0.1) is 5.82 Å². The molecule has 1 aromatic carbocycles. The molecular formula is C14H21FN2O2. The van der Waals surface area contributed by atoms with Crippen molar-refractivity contribution in [1.82, 2.24) is 4.90 Å². The fourth-order valence-corrected chi connectivity index (χ4v) is 1.92. The summed E-state index contributed by atoms with van der Waals surface area (Å²) in [4.78, 5) is 13.7. The number of nitrogens with one attached hydrogen (secondary N) is 1. The van der Waals surface area contributed by atoms with E-state index in [4.69, 9.17) is 0 Å². The molecule has 0 radical (unpaired) electrons. The van der Waals surface area contributed by atoms with Crippen molar-refractivity contribution in [1.29, 1.82) is 0 Å². The van der Waals surface area contributed by atoms with Gasteiger partial charge >= 0.3 is 0 Å². The van der Waals surface area contributed by atoms with E-state index in [2.05, 4.69) is 5.32 Å². The van der Waals surface area contributed by atoms with Crippen molar-refractivity contribution in [3.63, 3.8) is 0 Å². The lowest BCUT2D eigenvalue weighted by Crippen LogP contribution is -2.40. The first-order valence-electron chi connectivity index (χ1n) is 6.26. The van der Waals surface area contributed by atoms with E-state index >= 15 is 0 Å². The monoisotopic (exact) mass is 268 g/mol. The molecule has 0 aliphatic heterocycles. The lowest BCUT2D eigenvalue weighted by molar-refractivity contribution is 0.0368. The number of carbonyl (C=O) groups is 1. The molecule has 0 heterocycles. The predicted octanol–water partition coefficient (Wildman–Crippen LogP) is 2.10. The second kappa shape index (κ2) is 6.02. The van der Waals surface area contributed by atoms with Crippen LogP contribution in [-0.4, -0.2) is 41.7 Å². The highest BCUT2D eigenvalue weighted by Crippen LogP contribution is 2.21. The summed E-state index contributed by atoms with van der Waals surface area (Å²) >= 11 is 0. The quantitative estimate of drug-likeness (QED) is 0.860. The Labute approximate surface area is 113 Å². The summed E-state index contributed by atoms with van der Waals surface area (Å²) in [5.41, 5.74) is -0.512. The zero-order chi connectivity index (χ0) is 14.6. The minimum atomic E-state index is -0.990. The van der Waals surface area contributed by atoms with Crippen molar-refractivity contribution in [3.8, 4) is 0 Å². The van der Waals surface area contributed by atoms with Crippen molar-refractivity contribution in [3.05, 3.63) is 29.6 Å². The SMILES string of the molecule is CCNc1c(F)cccc1C(=O)N(C)CC(C)(C)O. The third-order valence-electron chi connectivity index (χ3n) is 2.57. The minimum absolute atomic E-state index is 0.175. The van der Waals surface area contributed by atoms with E-state index in [0.717, 1.165) is 0 Å². The van der Waals surface area contributed by atoms with E-state index in [1.165, 1.54) is 17.0 Å². The summed E-state index contributed by atoms with van der Waals surface area (Å²) < 4.78 is 13.7. The molecule has 1 aromatic rings. The molecule has 0 spiro atoms. The van der Waals surface area contributed by atoms with Crippen LogP contribution in [-0.2, 0) is 0 Å².